The Morgan fingerprint density at radius 2 is 1.64 bits per heavy atom. The van der Waals surface area contributed by atoms with Gasteiger partial charge in [-0.2, -0.15) is 0 Å². The van der Waals surface area contributed by atoms with Gasteiger partial charge in [-0.05, 0) is 27.1 Å². The predicted molar refractivity (Wildman–Crippen MR) is 113 cm³/mol. The molecule has 0 aliphatic heterocycles. The molecular weight excluding hydrogens is 440 g/mol. The minimum Gasteiger partial charge on any atom is -0.480 e. The van der Waals surface area contributed by atoms with Crippen LogP contribution in [0.4, 0.5) is 0 Å². The van der Waals surface area contributed by atoms with Crippen molar-refractivity contribution in [1.82, 2.24) is 9.88 Å². The molecule has 0 aliphatic carbocycles. The van der Waals surface area contributed by atoms with E-state index in [0.29, 0.717) is 22.7 Å². The Labute approximate surface area is 176 Å². The van der Waals surface area contributed by atoms with Gasteiger partial charge in [0, 0.05) is 25.6 Å². The van der Waals surface area contributed by atoms with Gasteiger partial charge in [0.1, 0.15) is 21.8 Å². The van der Waals surface area contributed by atoms with Crippen LogP contribution in [0.15, 0.2) is 70.6 Å². The summed E-state index contributed by atoms with van der Waals surface area (Å²) in [7, 11) is 1.53. The van der Waals surface area contributed by atoms with Crippen molar-refractivity contribution < 1.29 is 14.6 Å². The van der Waals surface area contributed by atoms with Crippen LogP contribution < -0.4 is 0 Å². The van der Waals surface area contributed by atoms with Gasteiger partial charge in [0.05, 0.1) is 0 Å². The summed E-state index contributed by atoms with van der Waals surface area (Å²) < 4.78 is 6.31. The van der Waals surface area contributed by atoms with E-state index in [0.717, 1.165) is 11.1 Å². The Hall–Kier alpha value is -2.06. The number of aromatic nitrogens is 1. The summed E-state index contributed by atoms with van der Waals surface area (Å²) in [4.78, 5) is 18.7. The number of carboxylic acids is 1. The molecule has 28 heavy (non-hydrogen) atoms. The average molecular weight is 461 g/mol. The molecule has 2 atom stereocenters. The van der Waals surface area contributed by atoms with Gasteiger partial charge in [-0.3, -0.25) is 9.69 Å². The molecule has 1 N–H and O–H groups in total. The van der Waals surface area contributed by atoms with E-state index in [4.69, 9.17) is 4.74 Å². The third kappa shape index (κ3) is 5.26. The van der Waals surface area contributed by atoms with Gasteiger partial charge in [-0.25, -0.2) is 4.98 Å². The number of hydrogen-bond acceptors (Lipinski definition) is 5. The highest BCUT2D eigenvalue weighted by Crippen LogP contribution is 2.31. The molecule has 5 nitrogen and oxygen atoms in total. The molecule has 0 saturated heterocycles. The zero-order valence-electron chi connectivity index (χ0n) is 15.4. The Balaban J connectivity index is 1.96. The van der Waals surface area contributed by atoms with Gasteiger partial charge in [0.15, 0.2) is 0 Å². The average Bonchev–Trinajstić information content (AvgIpc) is 3.13. The Morgan fingerprint density at radius 3 is 2.04 bits per heavy atom. The molecular formula is C21H21BrN2O3S. The van der Waals surface area contributed by atoms with Crippen LogP contribution in [-0.2, 0) is 22.6 Å². The summed E-state index contributed by atoms with van der Waals surface area (Å²) in [6, 6.07) is 18.8. The zero-order valence-corrected chi connectivity index (χ0v) is 17.8. The summed E-state index contributed by atoms with van der Waals surface area (Å²) in [6.45, 7) is 0.970. The predicted octanol–water partition coefficient (Wildman–Crippen LogP) is 4.75. The largest absolute Gasteiger partial charge is 0.480 e. The summed E-state index contributed by atoms with van der Waals surface area (Å²) in [5.74, 6) is -0.940. The Kier molecular flexibility index (Phi) is 7.33. The molecule has 2 aromatic carbocycles. The Bertz CT molecular complexity index is 847. The summed E-state index contributed by atoms with van der Waals surface area (Å²) >= 11 is 4.73. The van der Waals surface area contributed by atoms with Crippen LogP contribution in [0.1, 0.15) is 22.2 Å². The molecule has 0 aliphatic rings. The minimum atomic E-state index is -0.940. The minimum absolute atomic E-state index is 0.485. The van der Waals surface area contributed by atoms with Crippen LogP contribution in [-0.4, -0.2) is 34.1 Å². The summed E-state index contributed by atoms with van der Waals surface area (Å²) in [5, 5.41) is 12.6. The number of nitrogens with zero attached hydrogens (tertiary/aromatic N) is 2. The van der Waals surface area contributed by atoms with Crippen LogP contribution in [0.2, 0.25) is 0 Å². The maximum absolute atomic E-state index is 12.3. The number of benzene rings is 2. The van der Waals surface area contributed by atoms with Gasteiger partial charge in [-0.1, -0.05) is 60.7 Å². The monoisotopic (exact) mass is 460 g/mol. The van der Waals surface area contributed by atoms with Crippen molar-refractivity contribution >= 4 is 33.2 Å². The lowest BCUT2D eigenvalue weighted by Gasteiger charge is -2.33. The van der Waals surface area contributed by atoms with E-state index in [1.54, 1.807) is 0 Å². The number of carbonyl (C=O) groups is 1. The first-order valence-corrected chi connectivity index (χ1v) is 10.4. The number of carboxylic acid groups (broad SMARTS) is 1. The van der Waals surface area contributed by atoms with Crippen LogP contribution >= 0.6 is 27.3 Å². The van der Waals surface area contributed by atoms with Gasteiger partial charge >= 0.3 is 5.97 Å². The van der Waals surface area contributed by atoms with Crippen molar-refractivity contribution in [2.24, 2.45) is 0 Å². The molecule has 7 heteroatoms. The molecule has 0 amide bonds. The molecule has 1 aromatic heterocycles. The highest BCUT2D eigenvalue weighted by molar-refractivity contribution is 9.10. The molecule has 2 unspecified atom stereocenters. The quantitative estimate of drug-likeness (QED) is 0.499. The van der Waals surface area contributed by atoms with E-state index in [1.807, 2.05) is 70.9 Å². The van der Waals surface area contributed by atoms with Gasteiger partial charge < -0.3 is 9.84 Å². The third-order valence-corrected chi connectivity index (χ3v) is 6.00. The van der Waals surface area contributed by atoms with Crippen molar-refractivity contribution in [1.29, 1.82) is 0 Å². The summed E-state index contributed by atoms with van der Waals surface area (Å²) in [5.41, 5.74) is 2.08. The highest BCUT2D eigenvalue weighted by atomic mass is 79.9. The maximum Gasteiger partial charge on any atom is 0.324 e. The van der Waals surface area contributed by atoms with Crippen molar-refractivity contribution in [2.75, 3.05) is 7.11 Å². The maximum atomic E-state index is 12.3. The summed E-state index contributed by atoms with van der Waals surface area (Å²) in [6.07, 6.45) is -0.679. The van der Waals surface area contributed by atoms with E-state index in [2.05, 4.69) is 20.9 Å². The molecule has 3 rings (SSSR count). The van der Waals surface area contributed by atoms with Crippen LogP contribution in [0.5, 0.6) is 0 Å². The second kappa shape index (κ2) is 9.93. The molecule has 146 valence electrons. The van der Waals surface area contributed by atoms with E-state index in [-0.39, 0.29) is 0 Å². The molecule has 0 fully saturated rings. The molecule has 0 radical (unpaired) electrons. The lowest BCUT2D eigenvalue weighted by Crippen LogP contribution is -2.45. The smallest absolute Gasteiger partial charge is 0.324 e. The topological polar surface area (TPSA) is 62.7 Å². The van der Waals surface area contributed by atoms with Crippen LogP contribution in [0.3, 0.4) is 0 Å². The Morgan fingerprint density at radius 1 is 1.11 bits per heavy atom. The first-order valence-electron chi connectivity index (χ1n) is 8.77. The van der Waals surface area contributed by atoms with E-state index < -0.39 is 18.1 Å². The third-order valence-electron chi connectivity index (χ3n) is 4.38. The highest BCUT2D eigenvalue weighted by Gasteiger charge is 2.37. The van der Waals surface area contributed by atoms with Crippen molar-refractivity contribution in [3.05, 3.63) is 86.8 Å². The fourth-order valence-corrected chi connectivity index (χ4v) is 4.50. The number of aliphatic carboxylic acids is 1. The lowest BCUT2D eigenvalue weighted by atomic mass is 10.1. The van der Waals surface area contributed by atoms with E-state index >= 15 is 0 Å². The lowest BCUT2D eigenvalue weighted by molar-refractivity contribution is -0.150. The van der Waals surface area contributed by atoms with Crippen molar-refractivity contribution in [2.45, 2.75) is 25.2 Å². The number of ether oxygens (including phenoxy) is 1. The van der Waals surface area contributed by atoms with Crippen LogP contribution in [0.25, 0.3) is 0 Å². The van der Waals surface area contributed by atoms with Crippen LogP contribution in [0, 0.1) is 0 Å². The molecule has 1 heterocycles. The molecule has 0 saturated carbocycles. The standard InChI is InChI=1S/C21H21BrN2O3S/c1-27-19(20-23-17(22)14-28-20)18(21(25)26)24(12-15-8-4-2-5-9-15)13-16-10-6-3-7-11-16/h2-11,14,18-19H,12-13H2,1H3,(H,25,26). The molecule has 3 aromatic rings. The molecule has 0 bridgehead atoms. The number of thiazole rings is 1. The number of halogens is 1. The second-order valence-corrected chi connectivity index (χ2v) is 8.03. The van der Waals surface area contributed by atoms with E-state index in [1.165, 1.54) is 18.4 Å². The number of rotatable bonds is 9. The van der Waals surface area contributed by atoms with Crippen molar-refractivity contribution in [3.63, 3.8) is 0 Å². The molecule has 0 spiro atoms. The SMILES string of the molecule is COC(c1nc(Br)cs1)C(C(=O)O)N(Cc1ccccc1)Cc1ccccc1. The van der Waals surface area contributed by atoms with Gasteiger partial charge in [0.25, 0.3) is 0 Å². The normalized spacial score (nSPS) is 13.4. The fraction of sp³-hybridized carbons (Fsp3) is 0.238. The second-order valence-electron chi connectivity index (χ2n) is 6.32. The zero-order chi connectivity index (χ0) is 19.9. The number of hydrogen-bond donors (Lipinski definition) is 1. The van der Waals surface area contributed by atoms with E-state index in [9.17, 15) is 9.90 Å². The first-order chi connectivity index (χ1) is 13.6. The van der Waals surface area contributed by atoms with Gasteiger partial charge in [0.2, 0.25) is 0 Å². The van der Waals surface area contributed by atoms with Crippen molar-refractivity contribution in [3.8, 4) is 0 Å². The fourth-order valence-electron chi connectivity index (χ4n) is 3.13. The first kappa shape index (κ1) is 20.7. The number of methoxy groups -OCH3 is 1. The van der Waals surface area contributed by atoms with Gasteiger partial charge in [-0.15, -0.1) is 11.3 Å².